The molecule has 1 aliphatic carbocycles. The molecule has 0 spiro atoms. The monoisotopic (exact) mass is 549 g/mol. The van der Waals surface area contributed by atoms with Crippen molar-refractivity contribution in [2.24, 2.45) is 11.7 Å². The first-order chi connectivity index (χ1) is 19.0. The molecule has 1 saturated carbocycles. The Hall–Kier alpha value is -3.70. The maximum Gasteiger partial charge on any atom is 0.267 e. The third kappa shape index (κ3) is 5.16. The van der Waals surface area contributed by atoms with E-state index in [0.29, 0.717) is 73.0 Å². The number of morpholine rings is 1. The van der Waals surface area contributed by atoms with Gasteiger partial charge < -0.3 is 29.5 Å². The summed E-state index contributed by atoms with van der Waals surface area (Å²) in [6.07, 6.45) is 8.34. The molecule has 2 atom stereocenters. The lowest BCUT2D eigenvalue weighted by Crippen LogP contribution is -2.36. The highest BCUT2D eigenvalue weighted by Gasteiger charge is 2.24. The van der Waals surface area contributed by atoms with Crippen LogP contribution in [0.5, 0.6) is 0 Å². The standard InChI is InChI=1S/C28H31N5O5S/c1-16-4-2-3-5-21(16)31-19-11-17(25(28(29)35)30-13-19)10-18-15-39-32-24(18)20-14-37-27-22(34)12-23(38-26(20)27)33-6-8-36-9-7-33/h11-16,21,31H,2-10H2,1H3,(H2,29,35)/t16-,21+/m1/s1. The Morgan fingerprint density at radius 3 is 2.79 bits per heavy atom. The van der Waals surface area contributed by atoms with Gasteiger partial charge in [-0.3, -0.25) is 9.59 Å². The number of carbonyl (C=O) groups is 1. The molecule has 39 heavy (non-hydrogen) atoms. The minimum absolute atomic E-state index is 0.147. The maximum absolute atomic E-state index is 12.8. The molecule has 0 radical (unpaired) electrons. The van der Waals surface area contributed by atoms with E-state index in [9.17, 15) is 9.59 Å². The molecule has 2 aliphatic rings. The molecule has 11 heteroatoms. The molecular formula is C28H31N5O5S. The number of ether oxygens (including phenoxy) is 1. The van der Waals surface area contributed by atoms with Crippen LogP contribution in [-0.2, 0) is 11.2 Å². The van der Waals surface area contributed by atoms with Crippen molar-refractivity contribution in [3.05, 3.63) is 57.0 Å². The van der Waals surface area contributed by atoms with Crippen molar-refractivity contribution in [2.75, 3.05) is 36.5 Å². The van der Waals surface area contributed by atoms with E-state index in [2.05, 4.69) is 21.6 Å². The fraction of sp³-hybridized carbons (Fsp3) is 0.429. The highest BCUT2D eigenvalue weighted by atomic mass is 32.1. The molecule has 0 unspecified atom stereocenters. The van der Waals surface area contributed by atoms with Crippen molar-refractivity contribution in [1.82, 2.24) is 9.36 Å². The van der Waals surface area contributed by atoms with Gasteiger partial charge in [0.05, 0.1) is 42.4 Å². The molecule has 3 N–H and O–H groups in total. The van der Waals surface area contributed by atoms with Crippen LogP contribution < -0.4 is 21.4 Å². The lowest BCUT2D eigenvalue weighted by molar-refractivity contribution is 0.0994. The second-order valence-corrected chi connectivity index (χ2v) is 11.0. The minimum atomic E-state index is -0.581. The average Bonchev–Trinajstić information content (AvgIpc) is 3.57. The largest absolute Gasteiger partial charge is 0.456 e. The molecule has 1 amide bonds. The van der Waals surface area contributed by atoms with Gasteiger partial charge in [0.25, 0.3) is 5.91 Å². The van der Waals surface area contributed by atoms with E-state index in [1.54, 1.807) is 6.20 Å². The van der Waals surface area contributed by atoms with Gasteiger partial charge in [0, 0.05) is 30.9 Å². The van der Waals surface area contributed by atoms with Gasteiger partial charge in [0.2, 0.25) is 11.0 Å². The number of nitrogens with one attached hydrogen (secondary N) is 1. The number of nitrogens with zero attached hydrogens (tertiary/aromatic N) is 3. The van der Waals surface area contributed by atoms with Gasteiger partial charge in [-0.05, 0) is 47.5 Å². The average molecular weight is 550 g/mol. The van der Waals surface area contributed by atoms with Crippen LogP contribution in [0.1, 0.15) is 54.2 Å². The second-order valence-electron chi connectivity index (χ2n) is 10.3. The zero-order valence-corrected chi connectivity index (χ0v) is 22.6. The summed E-state index contributed by atoms with van der Waals surface area (Å²) >= 11 is 1.29. The van der Waals surface area contributed by atoms with Crippen LogP contribution in [0.3, 0.4) is 0 Å². The predicted molar refractivity (Wildman–Crippen MR) is 149 cm³/mol. The second kappa shape index (κ2) is 10.8. The van der Waals surface area contributed by atoms with E-state index >= 15 is 0 Å². The zero-order valence-electron chi connectivity index (χ0n) is 21.8. The Morgan fingerprint density at radius 2 is 2.00 bits per heavy atom. The van der Waals surface area contributed by atoms with Crippen LogP contribution in [0.15, 0.2) is 43.6 Å². The molecule has 1 saturated heterocycles. The summed E-state index contributed by atoms with van der Waals surface area (Å²) in [7, 11) is 0. The molecule has 4 aromatic rings. The van der Waals surface area contributed by atoms with Gasteiger partial charge >= 0.3 is 0 Å². The van der Waals surface area contributed by atoms with Crippen LogP contribution in [0.2, 0.25) is 0 Å². The van der Waals surface area contributed by atoms with Gasteiger partial charge in [0.15, 0.2) is 11.5 Å². The Kier molecular flexibility index (Phi) is 7.09. The van der Waals surface area contributed by atoms with Crippen LogP contribution in [-0.4, -0.2) is 47.6 Å². The fourth-order valence-electron chi connectivity index (χ4n) is 5.53. The lowest BCUT2D eigenvalue weighted by atomic mass is 9.86. The fourth-order valence-corrected chi connectivity index (χ4v) is 6.23. The van der Waals surface area contributed by atoms with E-state index in [4.69, 9.17) is 19.3 Å². The number of rotatable bonds is 7. The maximum atomic E-state index is 12.8. The number of furan rings is 1. The number of amides is 1. The van der Waals surface area contributed by atoms with E-state index in [0.717, 1.165) is 17.7 Å². The van der Waals surface area contributed by atoms with E-state index < -0.39 is 5.91 Å². The number of nitrogens with two attached hydrogens (primary N) is 1. The molecule has 4 aromatic heterocycles. The van der Waals surface area contributed by atoms with Crippen molar-refractivity contribution in [3.63, 3.8) is 0 Å². The Labute approximate surface area is 229 Å². The van der Waals surface area contributed by atoms with Crippen LogP contribution in [0, 0.1) is 5.92 Å². The third-order valence-electron chi connectivity index (χ3n) is 7.70. The summed E-state index contributed by atoms with van der Waals surface area (Å²) in [5, 5.41) is 5.54. The number of hydrogen-bond donors (Lipinski definition) is 2. The van der Waals surface area contributed by atoms with Crippen molar-refractivity contribution in [2.45, 2.75) is 45.1 Å². The molecule has 0 aromatic carbocycles. The van der Waals surface area contributed by atoms with Crippen molar-refractivity contribution >= 4 is 40.2 Å². The number of pyridine rings is 1. The summed E-state index contributed by atoms with van der Waals surface area (Å²) in [5.74, 6) is 0.463. The van der Waals surface area contributed by atoms with Gasteiger partial charge in [-0.2, -0.15) is 4.37 Å². The van der Waals surface area contributed by atoms with Crippen LogP contribution >= 0.6 is 11.5 Å². The lowest BCUT2D eigenvalue weighted by Gasteiger charge is -2.30. The number of hydrogen-bond acceptors (Lipinski definition) is 10. The molecule has 10 nitrogen and oxygen atoms in total. The van der Waals surface area contributed by atoms with E-state index in [1.165, 1.54) is 43.1 Å². The Balaban J connectivity index is 1.34. The summed E-state index contributed by atoms with van der Waals surface area (Å²) in [4.78, 5) is 31.5. The van der Waals surface area contributed by atoms with E-state index in [1.807, 2.05) is 16.3 Å². The quantitative estimate of drug-likeness (QED) is 0.343. The molecule has 5 heterocycles. The van der Waals surface area contributed by atoms with Crippen molar-refractivity contribution in [1.29, 1.82) is 0 Å². The number of aromatic nitrogens is 2. The third-order valence-corrected chi connectivity index (χ3v) is 8.37. The normalized spacial score (nSPS) is 19.9. The molecule has 6 rings (SSSR count). The minimum Gasteiger partial charge on any atom is -0.456 e. The van der Waals surface area contributed by atoms with Gasteiger partial charge in [-0.15, -0.1) is 0 Å². The molecule has 0 bridgehead atoms. The highest BCUT2D eigenvalue weighted by Crippen LogP contribution is 2.35. The number of carbonyl (C=O) groups excluding carboxylic acids is 1. The van der Waals surface area contributed by atoms with Gasteiger partial charge in [0.1, 0.15) is 12.0 Å². The summed E-state index contributed by atoms with van der Waals surface area (Å²) < 4.78 is 21.9. The van der Waals surface area contributed by atoms with Gasteiger partial charge in [-0.25, -0.2) is 4.98 Å². The first kappa shape index (κ1) is 25.6. The number of primary amides is 1. The smallest absolute Gasteiger partial charge is 0.267 e. The zero-order chi connectivity index (χ0) is 26.9. The first-order valence-electron chi connectivity index (χ1n) is 13.3. The first-order valence-corrected chi connectivity index (χ1v) is 14.2. The summed E-state index contributed by atoms with van der Waals surface area (Å²) in [6, 6.07) is 3.78. The topological polar surface area (TPSA) is 137 Å². The molecular weight excluding hydrogens is 518 g/mol. The van der Waals surface area contributed by atoms with Crippen LogP contribution in [0.25, 0.3) is 22.4 Å². The van der Waals surface area contributed by atoms with E-state index in [-0.39, 0.29) is 16.7 Å². The number of fused-ring (bicyclic) bond motifs is 1. The van der Waals surface area contributed by atoms with Crippen molar-refractivity contribution in [3.8, 4) is 11.3 Å². The molecule has 1 aliphatic heterocycles. The van der Waals surface area contributed by atoms with Crippen molar-refractivity contribution < 1.29 is 18.4 Å². The van der Waals surface area contributed by atoms with Gasteiger partial charge in [-0.1, -0.05) is 19.8 Å². The predicted octanol–water partition coefficient (Wildman–Crippen LogP) is 4.42. The molecule has 204 valence electrons. The van der Waals surface area contributed by atoms with Crippen LogP contribution in [0.4, 0.5) is 11.6 Å². The number of anilines is 2. The summed E-state index contributed by atoms with van der Waals surface area (Å²) in [6.45, 7) is 4.68. The Bertz CT molecular complexity index is 1550. The molecule has 2 fully saturated rings. The Morgan fingerprint density at radius 1 is 1.18 bits per heavy atom. The SMILES string of the molecule is C[C@@H]1CCCC[C@@H]1Nc1cnc(C(N)=O)c(Cc2csnc2-c2coc3c(=O)cc(N4CCOCC4)oc23)c1. The summed E-state index contributed by atoms with van der Waals surface area (Å²) in [5.41, 5.74) is 9.83. The highest BCUT2D eigenvalue weighted by molar-refractivity contribution is 7.04.